The maximum Gasteiger partial charge on any atom is 0.161 e. The van der Waals surface area contributed by atoms with Crippen molar-refractivity contribution in [3.8, 4) is 11.5 Å². The van der Waals surface area contributed by atoms with Crippen LogP contribution >= 0.6 is 0 Å². The van der Waals surface area contributed by atoms with Gasteiger partial charge in [-0.15, -0.1) is 0 Å². The summed E-state index contributed by atoms with van der Waals surface area (Å²) in [5.41, 5.74) is 1.20. The van der Waals surface area contributed by atoms with Gasteiger partial charge in [0.1, 0.15) is 0 Å². The number of rotatable bonds is 9. The number of nitrogens with one attached hydrogen (secondary N) is 1. The number of aromatic nitrogens is 2. The Kier molecular flexibility index (Phi) is 6.09. The molecule has 0 fully saturated rings. The van der Waals surface area contributed by atoms with E-state index in [2.05, 4.69) is 23.3 Å². The van der Waals surface area contributed by atoms with E-state index in [0.717, 1.165) is 37.6 Å². The highest BCUT2D eigenvalue weighted by molar-refractivity contribution is 5.42. The summed E-state index contributed by atoms with van der Waals surface area (Å²) in [4.78, 5) is 4.02. The molecule has 0 aliphatic rings. The van der Waals surface area contributed by atoms with E-state index in [0.29, 0.717) is 6.61 Å². The van der Waals surface area contributed by atoms with Crippen LogP contribution < -0.4 is 14.8 Å². The Morgan fingerprint density at radius 3 is 2.90 bits per heavy atom. The summed E-state index contributed by atoms with van der Waals surface area (Å²) in [5, 5.41) is 3.31. The third-order valence-corrected chi connectivity index (χ3v) is 3.18. The highest BCUT2D eigenvalue weighted by Crippen LogP contribution is 2.28. The fourth-order valence-corrected chi connectivity index (χ4v) is 2.06. The monoisotopic (exact) mass is 289 g/mol. The molecule has 1 aromatic carbocycles. The summed E-state index contributed by atoms with van der Waals surface area (Å²) >= 11 is 0. The van der Waals surface area contributed by atoms with Gasteiger partial charge in [0, 0.05) is 25.5 Å². The lowest BCUT2D eigenvalue weighted by molar-refractivity contribution is 0.282. The van der Waals surface area contributed by atoms with Crippen LogP contribution in [-0.2, 0) is 13.1 Å². The normalized spacial score (nSPS) is 10.6. The van der Waals surface area contributed by atoms with Gasteiger partial charge in [-0.3, -0.25) is 0 Å². The lowest BCUT2D eigenvalue weighted by Gasteiger charge is -2.12. The number of nitrogens with zero attached hydrogens (tertiary/aromatic N) is 2. The van der Waals surface area contributed by atoms with Crippen LogP contribution in [0.15, 0.2) is 36.9 Å². The summed E-state index contributed by atoms with van der Waals surface area (Å²) in [7, 11) is 1.66. The highest BCUT2D eigenvalue weighted by atomic mass is 16.5. The third kappa shape index (κ3) is 4.79. The number of imidazole rings is 1. The van der Waals surface area contributed by atoms with Crippen LogP contribution in [0.3, 0.4) is 0 Å². The molecule has 0 amide bonds. The van der Waals surface area contributed by atoms with Crippen molar-refractivity contribution in [3.63, 3.8) is 0 Å². The van der Waals surface area contributed by atoms with Crippen molar-refractivity contribution in [1.29, 1.82) is 0 Å². The van der Waals surface area contributed by atoms with Crippen molar-refractivity contribution >= 4 is 0 Å². The van der Waals surface area contributed by atoms with E-state index in [1.807, 2.05) is 29.2 Å². The molecular formula is C16H23N3O2. The molecule has 0 bridgehead atoms. The van der Waals surface area contributed by atoms with Crippen molar-refractivity contribution in [1.82, 2.24) is 14.9 Å². The molecule has 5 heteroatoms. The molecule has 5 nitrogen and oxygen atoms in total. The van der Waals surface area contributed by atoms with Crippen LogP contribution in [0.25, 0.3) is 0 Å². The fourth-order valence-electron chi connectivity index (χ4n) is 2.06. The van der Waals surface area contributed by atoms with Crippen molar-refractivity contribution in [2.45, 2.75) is 26.4 Å². The highest BCUT2D eigenvalue weighted by Gasteiger charge is 2.05. The zero-order chi connectivity index (χ0) is 14.9. The SMILES string of the molecule is CCNCc1ccc(OC)c(OCCCn2ccnc2)c1. The van der Waals surface area contributed by atoms with E-state index in [-0.39, 0.29) is 0 Å². The van der Waals surface area contributed by atoms with Crippen LogP contribution in [0.1, 0.15) is 18.9 Å². The fraction of sp³-hybridized carbons (Fsp3) is 0.438. The average Bonchev–Trinajstić information content (AvgIpc) is 3.03. The molecule has 2 aromatic rings. The van der Waals surface area contributed by atoms with Gasteiger partial charge < -0.3 is 19.4 Å². The van der Waals surface area contributed by atoms with Crippen LogP contribution in [0, 0.1) is 0 Å². The minimum Gasteiger partial charge on any atom is -0.493 e. The van der Waals surface area contributed by atoms with Gasteiger partial charge in [0.15, 0.2) is 11.5 Å². The second-order valence-electron chi connectivity index (χ2n) is 4.77. The number of benzene rings is 1. The predicted molar refractivity (Wildman–Crippen MR) is 82.7 cm³/mol. The molecule has 0 aliphatic carbocycles. The zero-order valence-electron chi connectivity index (χ0n) is 12.7. The first-order valence-corrected chi connectivity index (χ1v) is 7.29. The largest absolute Gasteiger partial charge is 0.493 e. The molecular weight excluding hydrogens is 266 g/mol. The Bertz CT molecular complexity index is 526. The van der Waals surface area contributed by atoms with E-state index in [1.54, 1.807) is 13.3 Å². The molecule has 0 spiro atoms. The summed E-state index contributed by atoms with van der Waals surface area (Å²) < 4.78 is 13.3. The van der Waals surface area contributed by atoms with Gasteiger partial charge >= 0.3 is 0 Å². The molecule has 114 valence electrons. The number of hydrogen-bond donors (Lipinski definition) is 1. The van der Waals surface area contributed by atoms with E-state index < -0.39 is 0 Å². The first kappa shape index (κ1) is 15.4. The minimum absolute atomic E-state index is 0.652. The zero-order valence-corrected chi connectivity index (χ0v) is 12.7. The maximum absolute atomic E-state index is 5.86. The second kappa shape index (κ2) is 8.32. The summed E-state index contributed by atoms with van der Waals surface area (Å²) in [6.07, 6.45) is 6.49. The van der Waals surface area contributed by atoms with E-state index in [4.69, 9.17) is 9.47 Å². The first-order valence-electron chi connectivity index (χ1n) is 7.29. The number of ether oxygens (including phenoxy) is 2. The molecule has 0 unspecified atom stereocenters. The average molecular weight is 289 g/mol. The van der Waals surface area contributed by atoms with Gasteiger partial charge in [-0.05, 0) is 30.7 Å². The van der Waals surface area contributed by atoms with Gasteiger partial charge in [-0.2, -0.15) is 0 Å². The first-order chi connectivity index (χ1) is 10.3. The Morgan fingerprint density at radius 1 is 1.29 bits per heavy atom. The van der Waals surface area contributed by atoms with Crippen molar-refractivity contribution in [2.75, 3.05) is 20.3 Å². The molecule has 0 saturated heterocycles. The molecule has 1 N–H and O–H groups in total. The van der Waals surface area contributed by atoms with Crippen LogP contribution in [0.4, 0.5) is 0 Å². The van der Waals surface area contributed by atoms with E-state index in [1.165, 1.54) is 5.56 Å². The molecule has 1 heterocycles. The number of aryl methyl sites for hydroxylation is 1. The van der Waals surface area contributed by atoms with Crippen molar-refractivity contribution in [2.24, 2.45) is 0 Å². The quantitative estimate of drug-likeness (QED) is 0.720. The predicted octanol–water partition coefficient (Wildman–Crippen LogP) is 2.47. The Balaban J connectivity index is 1.87. The standard InChI is InChI=1S/C16H23N3O2/c1-3-17-12-14-5-6-15(20-2)16(11-14)21-10-4-8-19-9-7-18-13-19/h5-7,9,11,13,17H,3-4,8,10,12H2,1-2H3. The van der Waals surface area contributed by atoms with Crippen molar-refractivity contribution in [3.05, 3.63) is 42.5 Å². The lowest BCUT2D eigenvalue weighted by Crippen LogP contribution is -2.12. The minimum atomic E-state index is 0.652. The molecule has 2 rings (SSSR count). The molecule has 21 heavy (non-hydrogen) atoms. The van der Waals surface area contributed by atoms with Crippen molar-refractivity contribution < 1.29 is 9.47 Å². The Labute approximate surface area is 125 Å². The molecule has 0 radical (unpaired) electrons. The van der Waals surface area contributed by atoms with Gasteiger partial charge in [-0.25, -0.2) is 4.98 Å². The molecule has 0 saturated carbocycles. The molecule has 0 atom stereocenters. The van der Waals surface area contributed by atoms with Gasteiger partial charge in [-0.1, -0.05) is 13.0 Å². The summed E-state index contributed by atoms with van der Waals surface area (Å²) in [6, 6.07) is 6.05. The van der Waals surface area contributed by atoms with E-state index in [9.17, 15) is 0 Å². The Hall–Kier alpha value is -2.01. The number of methoxy groups -OCH3 is 1. The molecule has 0 aliphatic heterocycles. The van der Waals surface area contributed by atoms with Crippen LogP contribution in [-0.4, -0.2) is 29.8 Å². The van der Waals surface area contributed by atoms with Gasteiger partial charge in [0.2, 0.25) is 0 Å². The second-order valence-corrected chi connectivity index (χ2v) is 4.77. The van der Waals surface area contributed by atoms with Crippen LogP contribution in [0.5, 0.6) is 11.5 Å². The lowest BCUT2D eigenvalue weighted by atomic mass is 10.2. The molecule has 1 aromatic heterocycles. The Morgan fingerprint density at radius 2 is 2.19 bits per heavy atom. The third-order valence-electron chi connectivity index (χ3n) is 3.18. The summed E-state index contributed by atoms with van der Waals surface area (Å²) in [6.45, 7) is 5.44. The van der Waals surface area contributed by atoms with Crippen LogP contribution in [0.2, 0.25) is 0 Å². The maximum atomic E-state index is 5.86. The van der Waals surface area contributed by atoms with Gasteiger partial charge in [0.25, 0.3) is 0 Å². The topological polar surface area (TPSA) is 48.3 Å². The summed E-state index contributed by atoms with van der Waals surface area (Å²) in [5.74, 6) is 1.58. The number of hydrogen-bond acceptors (Lipinski definition) is 4. The van der Waals surface area contributed by atoms with Gasteiger partial charge in [0.05, 0.1) is 20.0 Å². The smallest absolute Gasteiger partial charge is 0.161 e. The van der Waals surface area contributed by atoms with E-state index >= 15 is 0 Å².